The van der Waals surface area contributed by atoms with Gasteiger partial charge in [0, 0.05) is 33.8 Å². The normalized spacial score (nSPS) is 11.0. The zero-order valence-electron chi connectivity index (χ0n) is 15.9. The lowest BCUT2D eigenvalue weighted by molar-refractivity contribution is -0.136. The molecule has 0 amide bonds. The highest BCUT2D eigenvalue weighted by molar-refractivity contribution is 6.10. The van der Waals surface area contributed by atoms with Gasteiger partial charge in [0.25, 0.3) is 0 Å². The van der Waals surface area contributed by atoms with Crippen LogP contribution >= 0.6 is 0 Å². The molecule has 144 valence electrons. The van der Waals surface area contributed by atoms with Gasteiger partial charge in [0.1, 0.15) is 11.5 Å². The third kappa shape index (κ3) is 4.06. The van der Waals surface area contributed by atoms with Crippen LogP contribution in [0.15, 0.2) is 48.5 Å². The lowest BCUT2D eigenvalue weighted by Crippen LogP contribution is -2.13. The maximum absolute atomic E-state index is 12.5. The van der Waals surface area contributed by atoms with Crippen LogP contribution in [-0.4, -0.2) is 37.6 Å². The topological polar surface area (TPSA) is 77.6 Å². The molecule has 0 unspecified atom stereocenters. The molecule has 2 aromatic carbocycles. The number of carbonyl (C=O) groups excluding carboxylic acids is 2. The maximum atomic E-state index is 12.5. The number of Topliss-reactive ketones (excluding diaryl/α,β-unsaturated/α-hetero) is 1. The number of ether oxygens (including phenoxy) is 3. The number of fused-ring (bicyclic) bond motifs is 1. The molecule has 1 aromatic heterocycles. The Labute approximate surface area is 162 Å². The summed E-state index contributed by atoms with van der Waals surface area (Å²) in [6, 6.07) is 12.8. The monoisotopic (exact) mass is 379 g/mol. The van der Waals surface area contributed by atoms with Gasteiger partial charge in [-0.05, 0) is 37.3 Å². The van der Waals surface area contributed by atoms with Crippen molar-refractivity contribution in [2.24, 2.45) is 0 Å². The first-order valence-corrected chi connectivity index (χ1v) is 8.71. The fraction of sp³-hybridized carbons (Fsp3) is 0.182. The number of hydrogen-bond donors (Lipinski definition) is 1. The number of esters is 1. The Hall–Kier alpha value is -3.54. The summed E-state index contributed by atoms with van der Waals surface area (Å²) in [5.41, 5.74) is 2.83. The molecule has 0 saturated heterocycles. The number of ketones is 1. The van der Waals surface area contributed by atoms with Crippen LogP contribution in [0.2, 0.25) is 0 Å². The van der Waals surface area contributed by atoms with Gasteiger partial charge >= 0.3 is 5.97 Å². The van der Waals surface area contributed by atoms with Gasteiger partial charge in [-0.2, -0.15) is 0 Å². The van der Waals surface area contributed by atoms with E-state index in [0.717, 1.165) is 16.6 Å². The zero-order valence-corrected chi connectivity index (χ0v) is 15.9. The number of benzene rings is 2. The van der Waals surface area contributed by atoms with Gasteiger partial charge in [0.2, 0.25) is 5.78 Å². The molecule has 1 N–H and O–H groups in total. The second-order valence-electron chi connectivity index (χ2n) is 6.14. The maximum Gasteiger partial charge on any atom is 0.331 e. The number of para-hydroxylation sites is 1. The molecule has 0 fully saturated rings. The zero-order chi connectivity index (χ0) is 20.1. The van der Waals surface area contributed by atoms with Gasteiger partial charge in [-0.25, -0.2) is 4.79 Å². The first-order chi connectivity index (χ1) is 13.5. The molecule has 3 rings (SSSR count). The van der Waals surface area contributed by atoms with Crippen molar-refractivity contribution in [3.05, 3.63) is 65.4 Å². The predicted molar refractivity (Wildman–Crippen MR) is 107 cm³/mol. The van der Waals surface area contributed by atoms with E-state index < -0.39 is 5.97 Å². The Kier molecular flexibility index (Phi) is 5.79. The van der Waals surface area contributed by atoms with Crippen molar-refractivity contribution in [3.63, 3.8) is 0 Å². The van der Waals surface area contributed by atoms with Gasteiger partial charge in [-0.15, -0.1) is 0 Å². The fourth-order valence-corrected chi connectivity index (χ4v) is 3.02. The summed E-state index contributed by atoms with van der Waals surface area (Å²) < 4.78 is 15.6. The van der Waals surface area contributed by atoms with Crippen molar-refractivity contribution in [2.45, 2.75) is 6.92 Å². The molecule has 0 saturated carbocycles. The van der Waals surface area contributed by atoms with Crippen LogP contribution in [0.5, 0.6) is 11.5 Å². The van der Waals surface area contributed by atoms with Crippen LogP contribution in [0.25, 0.3) is 17.0 Å². The fourth-order valence-electron chi connectivity index (χ4n) is 3.02. The number of hydrogen-bond acceptors (Lipinski definition) is 5. The van der Waals surface area contributed by atoms with Crippen molar-refractivity contribution < 1.29 is 23.8 Å². The first kappa shape index (κ1) is 19.2. The summed E-state index contributed by atoms with van der Waals surface area (Å²) in [6.07, 6.45) is 2.82. The lowest BCUT2D eigenvalue weighted by Gasteiger charge is -2.07. The second kappa shape index (κ2) is 8.43. The standard InChI is InChI=1S/C22H21NO5/c1-14-22(17-6-4-5-7-18(17)23-14)19(24)13-28-21(25)11-8-15-12-16(26-2)9-10-20(15)27-3/h4-12,23H,13H2,1-3H3/b11-8+. The minimum Gasteiger partial charge on any atom is -0.497 e. The number of aromatic nitrogens is 1. The van der Waals surface area contributed by atoms with Gasteiger partial charge in [0.15, 0.2) is 6.61 Å². The summed E-state index contributed by atoms with van der Waals surface area (Å²) in [6.45, 7) is 1.49. The van der Waals surface area contributed by atoms with Gasteiger partial charge in [-0.3, -0.25) is 4.79 Å². The van der Waals surface area contributed by atoms with Crippen molar-refractivity contribution in [3.8, 4) is 11.5 Å². The number of H-pyrrole nitrogens is 1. The number of aromatic amines is 1. The number of aryl methyl sites for hydroxylation is 1. The molecule has 0 radical (unpaired) electrons. The van der Waals surface area contributed by atoms with Crippen molar-refractivity contribution in [2.75, 3.05) is 20.8 Å². The Morgan fingerprint density at radius 2 is 1.86 bits per heavy atom. The highest BCUT2D eigenvalue weighted by Gasteiger charge is 2.17. The molecule has 0 aliphatic heterocycles. The van der Waals surface area contributed by atoms with Crippen molar-refractivity contribution >= 4 is 28.7 Å². The molecule has 0 spiro atoms. The molecule has 0 bridgehead atoms. The molecule has 0 aliphatic carbocycles. The minimum atomic E-state index is -0.615. The second-order valence-corrected chi connectivity index (χ2v) is 6.14. The third-order valence-electron chi connectivity index (χ3n) is 4.35. The number of carbonyl (C=O) groups is 2. The van der Waals surface area contributed by atoms with Gasteiger partial charge < -0.3 is 19.2 Å². The summed E-state index contributed by atoms with van der Waals surface area (Å²) in [7, 11) is 3.10. The smallest absolute Gasteiger partial charge is 0.331 e. The molecule has 1 heterocycles. The van der Waals surface area contributed by atoms with Crippen LogP contribution in [-0.2, 0) is 9.53 Å². The molecule has 6 heteroatoms. The first-order valence-electron chi connectivity index (χ1n) is 8.71. The SMILES string of the molecule is COc1ccc(OC)c(/C=C/C(=O)OCC(=O)c2c(C)[nH]c3ccccc23)c1. The summed E-state index contributed by atoms with van der Waals surface area (Å²) >= 11 is 0. The molecular formula is C22H21NO5. The highest BCUT2D eigenvalue weighted by Crippen LogP contribution is 2.25. The molecule has 6 nitrogen and oxygen atoms in total. The minimum absolute atomic E-state index is 0.254. The van der Waals surface area contributed by atoms with Crippen LogP contribution in [0.1, 0.15) is 21.6 Å². The van der Waals surface area contributed by atoms with E-state index in [0.29, 0.717) is 22.6 Å². The number of rotatable bonds is 7. The average Bonchev–Trinajstić information content (AvgIpc) is 3.05. The molecule has 3 aromatic rings. The van der Waals surface area contributed by atoms with Crippen LogP contribution in [0.4, 0.5) is 0 Å². The quantitative estimate of drug-likeness (QED) is 0.382. The van der Waals surface area contributed by atoms with Crippen molar-refractivity contribution in [1.29, 1.82) is 0 Å². The Balaban J connectivity index is 1.68. The van der Waals surface area contributed by atoms with E-state index in [1.807, 2.05) is 31.2 Å². The van der Waals surface area contributed by atoms with Gasteiger partial charge in [0.05, 0.1) is 14.2 Å². The van der Waals surface area contributed by atoms with Crippen LogP contribution in [0, 0.1) is 6.92 Å². The number of nitrogens with one attached hydrogen (secondary N) is 1. The summed E-state index contributed by atoms with van der Waals surface area (Å²) in [4.78, 5) is 27.8. The largest absolute Gasteiger partial charge is 0.497 e. The lowest BCUT2D eigenvalue weighted by atomic mass is 10.1. The Bertz CT molecular complexity index is 1050. The van der Waals surface area contributed by atoms with Crippen LogP contribution < -0.4 is 9.47 Å². The van der Waals surface area contributed by atoms with E-state index in [-0.39, 0.29) is 12.4 Å². The van der Waals surface area contributed by atoms with E-state index >= 15 is 0 Å². The summed E-state index contributed by atoms with van der Waals surface area (Å²) in [5.74, 6) is 0.362. The van der Waals surface area contributed by atoms with Crippen LogP contribution in [0.3, 0.4) is 0 Å². The number of methoxy groups -OCH3 is 2. The third-order valence-corrected chi connectivity index (χ3v) is 4.35. The van der Waals surface area contributed by atoms with E-state index in [1.165, 1.54) is 6.08 Å². The predicted octanol–water partition coefficient (Wildman–Crippen LogP) is 3.93. The molecule has 28 heavy (non-hydrogen) atoms. The molecule has 0 atom stereocenters. The average molecular weight is 379 g/mol. The Morgan fingerprint density at radius 1 is 1.07 bits per heavy atom. The Morgan fingerprint density at radius 3 is 2.61 bits per heavy atom. The van der Waals surface area contributed by atoms with E-state index in [9.17, 15) is 9.59 Å². The van der Waals surface area contributed by atoms with Crippen molar-refractivity contribution in [1.82, 2.24) is 4.98 Å². The van der Waals surface area contributed by atoms with E-state index in [1.54, 1.807) is 38.5 Å². The van der Waals surface area contributed by atoms with E-state index in [4.69, 9.17) is 14.2 Å². The molecule has 0 aliphatic rings. The van der Waals surface area contributed by atoms with Gasteiger partial charge in [-0.1, -0.05) is 18.2 Å². The van der Waals surface area contributed by atoms with E-state index in [2.05, 4.69) is 4.98 Å². The highest BCUT2D eigenvalue weighted by atomic mass is 16.5. The molecular weight excluding hydrogens is 358 g/mol. The summed E-state index contributed by atoms with van der Waals surface area (Å²) in [5, 5.41) is 0.817.